The van der Waals surface area contributed by atoms with Crippen molar-refractivity contribution >= 4 is 22.7 Å². The molecule has 2 N–H and O–H groups in total. The van der Waals surface area contributed by atoms with Gasteiger partial charge in [-0.1, -0.05) is 48.5 Å². The van der Waals surface area contributed by atoms with Crippen LogP contribution in [0.25, 0.3) is 10.8 Å². The summed E-state index contributed by atoms with van der Waals surface area (Å²) in [5.74, 6) is -4.47. The van der Waals surface area contributed by atoms with Crippen molar-refractivity contribution in [3.8, 4) is 0 Å². The molecule has 0 spiro atoms. The van der Waals surface area contributed by atoms with Crippen molar-refractivity contribution < 1.29 is 33.5 Å². The number of hydrogen-bond acceptors (Lipinski definition) is 5. The van der Waals surface area contributed by atoms with Gasteiger partial charge in [0.25, 0.3) is 5.56 Å². The van der Waals surface area contributed by atoms with Crippen molar-refractivity contribution in [1.82, 2.24) is 9.78 Å². The number of carboxylic acids is 2. The first-order valence-electron chi connectivity index (χ1n) is 11.9. The van der Waals surface area contributed by atoms with Crippen LogP contribution in [0.15, 0.2) is 77.6 Å². The topological polar surface area (TPSA) is 117 Å². The number of rotatable bonds is 8. The molecule has 0 aliphatic carbocycles. The Labute approximate surface area is 217 Å². The lowest BCUT2D eigenvalue weighted by Crippen LogP contribution is -3.09. The molecule has 10 heteroatoms. The van der Waals surface area contributed by atoms with Gasteiger partial charge in [-0.05, 0) is 35.4 Å². The quantitative estimate of drug-likeness (QED) is 0.331. The lowest BCUT2D eigenvalue weighted by molar-refractivity contribution is -0.880. The van der Waals surface area contributed by atoms with E-state index < -0.39 is 11.9 Å². The third-order valence-corrected chi connectivity index (χ3v) is 5.93. The van der Waals surface area contributed by atoms with Gasteiger partial charge in [0.05, 0.1) is 37.8 Å². The van der Waals surface area contributed by atoms with Gasteiger partial charge < -0.3 is 19.9 Å². The Balaban J connectivity index is 0.000000599. The van der Waals surface area contributed by atoms with Gasteiger partial charge in [-0.25, -0.2) is 18.3 Å². The van der Waals surface area contributed by atoms with Crippen LogP contribution in [0.4, 0.5) is 8.78 Å². The molecule has 0 amide bonds. The molecule has 0 saturated heterocycles. The Bertz CT molecular complexity index is 1460. The van der Waals surface area contributed by atoms with E-state index in [-0.39, 0.29) is 17.2 Å². The molecule has 1 atom stereocenters. The van der Waals surface area contributed by atoms with Gasteiger partial charge in [-0.15, -0.1) is 0 Å². The van der Waals surface area contributed by atoms with Crippen LogP contribution in [0.3, 0.4) is 0 Å². The Hall–Kier alpha value is -4.44. The van der Waals surface area contributed by atoms with E-state index in [0.29, 0.717) is 36.9 Å². The van der Waals surface area contributed by atoms with Crippen molar-refractivity contribution in [2.24, 2.45) is 0 Å². The van der Waals surface area contributed by atoms with E-state index in [0.717, 1.165) is 23.2 Å². The van der Waals surface area contributed by atoms with E-state index in [1.807, 2.05) is 37.4 Å². The normalized spacial score (nSPS) is 11.4. The number of benzene rings is 3. The third kappa shape index (κ3) is 7.78. The van der Waals surface area contributed by atoms with Crippen molar-refractivity contribution in [3.05, 3.63) is 112 Å². The summed E-state index contributed by atoms with van der Waals surface area (Å²) in [5.41, 5.74) is 2.30. The Morgan fingerprint density at radius 2 is 1.55 bits per heavy atom. The van der Waals surface area contributed by atoms with Crippen LogP contribution >= 0.6 is 0 Å². The predicted molar refractivity (Wildman–Crippen MR) is 135 cm³/mol. The van der Waals surface area contributed by atoms with Gasteiger partial charge in [0.1, 0.15) is 11.6 Å². The second-order valence-corrected chi connectivity index (χ2v) is 8.71. The van der Waals surface area contributed by atoms with Crippen LogP contribution in [0.2, 0.25) is 0 Å². The smallest absolute Gasteiger partial charge is 0.351 e. The predicted octanol–water partition coefficient (Wildman–Crippen LogP) is 0.844. The zero-order valence-electron chi connectivity index (χ0n) is 20.7. The first kappa shape index (κ1) is 28.1. The summed E-state index contributed by atoms with van der Waals surface area (Å²) in [6, 6.07) is 20.6. The van der Waals surface area contributed by atoms with Crippen LogP contribution in [0.1, 0.15) is 16.8 Å². The van der Waals surface area contributed by atoms with E-state index in [1.165, 1.54) is 27.8 Å². The van der Waals surface area contributed by atoms with Gasteiger partial charge in [-0.2, -0.15) is 5.10 Å². The number of halogens is 2. The van der Waals surface area contributed by atoms with Crippen LogP contribution in [-0.4, -0.2) is 47.0 Å². The van der Waals surface area contributed by atoms with Gasteiger partial charge in [0.2, 0.25) is 0 Å². The second-order valence-electron chi connectivity index (χ2n) is 8.71. The highest BCUT2D eigenvalue weighted by Gasteiger charge is 2.13. The summed E-state index contributed by atoms with van der Waals surface area (Å²) in [4.78, 5) is 32.2. The Kier molecular flexibility index (Phi) is 9.78. The average Bonchev–Trinajstić information content (AvgIpc) is 2.90. The molecule has 0 aliphatic heterocycles. The molecule has 1 unspecified atom stereocenters. The van der Waals surface area contributed by atoms with Crippen LogP contribution < -0.4 is 15.6 Å². The fourth-order valence-corrected chi connectivity index (χ4v) is 3.85. The molecule has 0 fully saturated rings. The second kappa shape index (κ2) is 13.2. The standard InChI is InChI=1S/C26H25F2N3O.C2H2O4/c1-30(15-14-20-6-2-5-9-24(20)28)16-17-31-26(32)23-8-4-3-7-22(23)25(29-31)18-19-10-12-21(27)13-11-19;3-1(4)2(5)6/h2-13H,14-18H2,1H3;(H,3,4)(H,5,6). The highest BCUT2D eigenvalue weighted by molar-refractivity contribution is 6.26. The van der Waals surface area contributed by atoms with Gasteiger partial charge in [0, 0.05) is 18.2 Å². The van der Waals surface area contributed by atoms with Crippen LogP contribution in [0, 0.1) is 11.6 Å². The molecule has 198 valence electrons. The molecule has 4 rings (SSSR count). The minimum atomic E-state index is -2.07. The highest BCUT2D eigenvalue weighted by atomic mass is 19.1. The van der Waals surface area contributed by atoms with Crippen molar-refractivity contribution in [2.75, 3.05) is 20.1 Å². The van der Waals surface area contributed by atoms with Gasteiger partial charge >= 0.3 is 5.97 Å². The molecule has 0 saturated carbocycles. The molecule has 1 aromatic heterocycles. The van der Waals surface area contributed by atoms with Crippen LogP contribution in [-0.2, 0) is 29.0 Å². The molecule has 0 radical (unpaired) electrons. The molecular weight excluding hydrogens is 496 g/mol. The van der Waals surface area contributed by atoms with Crippen molar-refractivity contribution in [3.63, 3.8) is 0 Å². The molecule has 38 heavy (non-hydrogen) atoms. The first-order chi connectivity index (χ1) is 18.2. The third-order valence-electron chi connectivity index (χ3n) is 5.93. The molecule has 0 bridgehead atoms. The van der Waals surface area contributed by atoms with Gasteiger partial charge in [0.15, 0.2) is 5.97 Å². The number of nitrogens with one attached hydrogen (secondary N) is 1. The number of carbonyl (C=O) groups is 2. The number of aliphatic carboxylic acids is 2. The fourth-order valence-electron chi connectivity index (χ4n) is 3.85. The Morgan fingerprint density at radius 1 is 0.947 bits per heavy atom. The summed E-state index contributed by atoms with van der Waals surface area (Å²) < 4.78 is 28.7. The van der Waals surface area contributed by atoms with E-state index in [1.54, 1.807) is 24.3 Å². The minimum Gasteiger partial charge on any atom is -0.539 e. The maximum Gasteiger partial charge on any atom is 0.351 e. The molecule has 8 nitrogen and oxygen atoms in total. The lowest BCUT2D eigenvalue weighted by Gasteiger charge is -2.16. The maximum atomic E-state index is 13.9. The summed E-state index contributed by atoms with van der Waals surface area (Å²) in [6.07, 6.45) is 1.14. The number of fused-ring (bicyclic) bond motifs is 1. The minimum absolute atomic E-state index is 0.120. The van der Waals surface area contributed by atoms with E-state index in [9.17, 15) is 13.6 Å². The number of likely N-dealkylation sites (N-methyl/N-ethyl adjacent to an activating group) is 1. The fraction of sp³-hybridized carbons (Fsp3) is 0.214. The number of carbonyl (C=O) groups excluding carboxylic acids is 1. The van der Waals surface area contributed by atoms with E-state index in [4.69, 9.17) is 19.8 Å². The molecular formula is C28H27F2N3O5. The van der Waals surface area contributed by atoms with Crippen molar-refractivity contribution in [2.45, 2.75) is 19.4 Å². The number of carboxylic acid groups (broad SMARTS) is 2. The highest BCUT2D eigenvalue weighted by Crippen LogP contribution is 2.17. The summed E-state index contributed by atoms with van der Waals surface area (Å²) >= 11 is 0. The Morgan fingerprint density at radius 3 is 2.18 bits per heavy atom. The molecule has 4 aromatic rings. The lowest BCUT2D eigenvalue weighted by atomic mass is 10.0. The first-order valence-corrected chi connectivity index (χ1v) is 11.9. The van der Waals surface area contributed by atoms with Gasteiger partial charge in [-0.3, -0.25) is 4.79 Å². The molecule has 0 aliphatic rings. The number of aromatic nitrogens is 2. The summed E-state index contributed by atoms with van der Waals surface area (Å²) in [7, 11) is 2.03. The largest absolute Gasteiger partial charge is 0.539 e. The zero-order chi connectivity index (χ0) is 27.7. The zero-order valence-corrected chi connectivity index (χ0v) is 20.7. The number of hydrogen-bond donors (Lipinski definition) is 2. The monoisotopic (exact) mass is 523 g/mol. The summed E-state index contributed by atoms with van der Waals surface area (Å²) in [6.45, 7) is 1.91. The number of quaternary nitrogens is 1. The maximum absolute atomic E-state index is 13.9. The molecule has 1 heterocycles. The average molecular weight is 524 g/mol. The number of nitrogens with zero attached hydrogens (tertiary/aromatic N) is 2. The van der Waals surface area contributed by atoms with E-state index >= 15 is 0 Å². The SMILES string of the molecule is C[NH+](CCc1ccccc1F)CCn1nc(Cc2ccc(F)cc2)c2ccccc2c1=O.O=C([O-])C(=O)O. The van der Waals surface area contributed by atoms with Crippen LogP contribution in [0.5, 0.6) is 0 Å². The van der Waals surface area contributed by atoms with E-state index in [2.05, 4.69) is 5.10 Å². The summed E-state index contributed by atoms with van der Waals surface area (Å²) in [5, 5.41) is 22.4. The molecule has 3 aromatic carbocycles. The van der Waals surface area contributed by atoms with Crippen molar-refractivity contribution in [1.29, 1.82) is 0 Å².